The van der Waals surface area contributed by atoms with E-state index in [0.717, 1.165) is 6.20 Å². The maximum Gasteiger partial charge on any atom is 0.454 e. The van der Waals surface area contributed by atoms with Crippen molar-refractivity contribution in [3.8, 4) is 11.5 Å². The van der Waals surface area contributed by atoms with E-state index >= 15 is 0 Å². The van der Waals surface area contributed by atoms with Crippen LogP contribution in [0.25, 0.3) is 0 Å². The Bertz CT molecular complexity index is 880. The zero-order valence-corrected chi connectivity index (χ0v) is 15.4. The minimum Gasteiger partial charge on any atom is -0.457 e. The number of hydrogen-bond acceptors (Lipinski definition) is 4. The van der Waals surface area contributed by atoms with E-state index in [1.165, 1.54) is 4.90 Å². The number of ether oxygens (including phenoxy) is 1. The third-order valence-corrected chi connectivity index (χ3v) is 4.39. The molecule has 0 saturated carbocycles. The van der Waals surface area contributed by atoms with E-state index in [9.17, 15) is 22.8 Å². The van der Waals surface area contributed by atoms with Gasteiger partial charge in [-0.15, -0.1) is 0 Å². The quantitative estimate of drug-likeness (QED) is 0.719. The average Bonchev–Trinajstić information content (AvgIpc) is 3.16. The third-order valence-electron chi connectivity index (χ3n) is 4.39. The second-order valence-electron chi connectivity index (χ2n) is 6.50. The average molecular weight is 404 g/mol. The number of allylic oxidation sites excluding steroid dienone is 1. The van der Waals surface area contributed by atoms with Crippen LogP contribution in [0.3, 0.4) is 0 Å². The Morgan fingerprint density at radius 2 is 1.69 bits per heavy atom. The Balaban J connectivity index is 1.59. The van der Waals surface area contributed by atoms with Crippen molar-refractivity contribution >= 4 is 17.4 Å². The summed E-state index contributed by atoms with van der Waals surface area (Å²) in [5.74, 6) is -1.00. The highest BCUT2D eigenvalue weighted by atomic mass is 19.4. The molecule has 0 aromatic heterocycles. The summed E-state index contributed by atoms with van der Waals surface area (Å²) >= 11 is 0. The second-order valence-corrected chi connectivity index (χ2v) is 6.50. The number of likely N-dealkylation sites (tertiary alicyclic amines) is 1. The van der Waals surface area contributed by atoms with Crippen LogP contribution in [0, 0.1) is 0 Å². The number of anilines is 1. The van der Waals surface area contributed by atoms with Gasteiger partial charge in [0.2, 0.25) is 5.91 Å². The summed E-state index contributed by atoms with van der Waals surface area (Å²) in [5, 5.41) is 2.75. The Morgan fingerprint density at radius 1 is 1.03 bits per heavy atom. The molecule has 5 nitrogen and oxygen atoms in total. The van der Waals surface area contributed by atoms with Gasteiger partial charge in [-0.2, -0.15) is 13.2 Å². The predicted molar refractivity (Wildman–Crippen MR) is 102 cm³/mol. The topological polar surface area (TPSA) is 58.6 Å². The molecule has 1 atom stereocenters. The van der Waals surface area contributed by atoms with Crippen LogP contribution in [-0.2, 0) is 9.59 Å². The summed E-state index contributed by atoms with van der Waals surface area (Å²) in [4.78, 5) is 25.0. The van der Waals surface area contributed by atoms with Crippen molar-refractivity contribution in [2.45, 2.75) is 25.1 Å². The first-order valence-corrected chi connectivity index (χ1v) is 9.02. The fourth-order valence-electron chi connectivity index (χ4n) is 2.96. The standard InChI is InChI=1S/C21H19F3N2O3/c22-21(23,24)19(27)12-14-26-13-4-7-18(26)20(28)25-15-8-10-17(11-9-15)29-16-5-2-1-3-6-16/h1-3,5-6,8-12,14,18H,4,7,13H2,(H,25,28)/b14-12+/t18-/m0/s1. The Labute approximate surface area is 165 Å². The monoisotopic (exact) mass is 404 g/mol. The third kappa shape index (κ3) is 5.60. The first-order chi connectivity index (χ1) is 13.8. The van der Waals surface area contributed by atoms with Gasteiger partial charge in [0, 0.05) is 24.5 Å². The zero-order chi connectivity index (χ0) is 20.9. The Kier molecular flexibility index (Phi) is 6.21. The van der Waals surface area contributed by atoms with Crippen molar-refractivity contribution in [1.82, 2.24) is 4.90 Å². The number of nitrogens with zero attached hydrogens (tertiary/aromatic N) is 1. The summed E-state index contributed by atoms with van der Waals surface area (Å²) in [6.45, 7) is 0.406. The maximum absolute atomic E-state index is 12.5. The molecule has 1 fully saturated rings. The van der Waals surface area contributed by atoms with Crippen LogP contribution in [-0.4, -0.2) is 35.4 Å². The molecule has 152 valence electrons. The van der Waals surface area contributed by atoms with Crippen LogP contribution in [0.1, 0.15) is 12.8 Å². The lowest BCUT2D eigenvalue weighted by molar-refractivity contribution is -0.165. The van der Waals surface area contributed by atoms with Crippen molar-refractivity contribution in [2.75, 3.05) is 11.9 Å². The molecule has 0 radical (unpaired) electrons. The number of ketones is 1. The van der Waals surface area contributed by atoms with Gasteiger partial charge in [0.1, 0.15) is 17.5 Å². The van der Waals surface area contributed by atoms with E-state index < -0.39 is 18.0 Å². The molecule has 3 rings (SSSR count). The molecule has 0 unspecified atom stereocenters. The van der Waals surface area contributed by atoms with Crippen molar-refractivity contribution in [1.29, 1.82) is 0 Å². The number of rotatable bonds is 6. The minimum absolute atomic E-state index is 0.344. The number of carbonyl (C=O) groups excluding carboxylic acids is 2. The van der Waals surface area contributed by atoms with Gasteiger partial charge in [-0.1, -0.05) is 18.2 Å². The molecular weight excluding hydrogens is 385 g/mol. The highest BCUT2D eigenvalue weighted by Crippen LogP contribution is 2.24. The summed E-state index contributed by atoms with van der Waals surface area (Å²) in [5.41, 5.74) is 0.539. The molecule has 1 saturated heterocycles. The molecule has 8 heteroatoms. The molecule has 1 aliphatic heterocycles. The predicted octanol–water partition coefficient (Wildman–Crippen LogP) is 4.53. The minimum atomic E-state index is -4.92. The lowest BCUT2D eigenvalue weighted by atomic mass is 10.2. The van der Waals surface area contributed by atoms with Gasteiger partial charge < -0.3 is 15.0 Å². The van der Waals surface area contributed by atoms with Gasteiger partial charge in [-0.25, -0.2) is 0 Å². The lowest BCUT2D eigenvalue weighted by Gasteiger charge is -2.22. The number of para-hydroxylation sites is 1. The zero-order valence-electron chi connectivity index (χ0n) is 15.4. The van der Waals surface area contributed by atoms with Crippen LogP contribution in [0.2, 0.25) is 0 Å². The normalized spacial score (nSPS) is 16.8. The number of halogens is 3. The number of amides is 1. The number of benzene rings is 2. The number of alkyl halides is 3. The van der Waals surface area contributed by atoms with E-state index in [1.807, 2.05) is 30.3 Å². The van der Waals surface area contributed by atoms with Gasteiger partial charge >= 0.3 is 6.18 Å². The molecule has 2 aromatic carbocycles. The fraction of sp³-hybridized carbons (Fsp3) is 0.238. The molecule has 29 heavy (non-hydrogen) atoms. The SMILES string of the molecule is O=C(Nc1ccc(Oc2ccccc2)cc1)[C@@H]1CCCN1/C=C/C(=O)C(F)(F)F. The summed E-state index contributed by atoms with van der Waals surface area (Å²) in [6, 6.07) is 15.4. The van der Waals surface area contributed by atoms with Gasteiger partial charge in [-0.05, 0) is 49.2 Å². The molecule has 1 heterocycles. The van der Waals surface area contributed by atoms with Gasteiger partial charge in [0.25, 0.3) is 5.78 Å². The number of hydrogen-bond donors (Lipinski definition) is 1. The number of carbonyl (C=O) groups is 2. The van der Waals surface area contributed by atoms with Gasteiger partial charge in [-0.3, -0.25) is 9.59 Å². The van der Waals surface area contributed by atoms with Gasteiger partial charge in [0.05, 0.1) is 0 Å². The largest absolute Gasteiger partial charge is 0.457 e. The summed E-state index contributed by atoms with van der Waals surface area (Å²) in [7, 11) is 0. The Hall–Kier alpha value is -3.29. The molecule has 0 spiro atoms. The Morgan fingerprint density at radius 3 is 2.34 bits per heavy atom. The van der Waals surface area contributed by atoms with E-state index in [2.05, 4.69) is 5.32 Å². The van der Waals surface area contributed by atoms with Gasteiger partial charge in [0.15, 0.2) is 0 Å². The van der Waals surface area contributed by atoms with E-state index in [1.54, 1.807) is 24.3 Å². The molecule has 1 aliphatic rings. The maximum atomic E-state index is 12.5. The molecule has 0 bridgehead atoms. The van der Waals surface area contributed by atoms with Crippen LogP contribution in [0.15, 0.2) is 66.9 Å². The highest BCUT2D eigenvalue weighted by Gasteiger charge is 2.37. The molecule has 2 aromatic rings. The highest BCUT2D eigenvalue weighted by molar-refractivity contribution is 5.96. The van der Waals surface area contributed by atoms with E-state index in [0.29, 0.717) is 42.6 Å². The van der Waals surface area contributed by atoms with Crippen molar-refractivity contribution in [3.05, 3.63) is 66.9 Å². The van der Waals surface area contributed by atoms with Crippen LogP contribution < -0.4 is 10.1 Å². The number of nitrogens with one attached hydrogen (secondary N) is 1. The van der Waals surface area contributed by atoms with E-state index in [-0.39, 0.29) is 5.91 Å². The fourth-order valence-corrected chi connectivity index (χ4v) is 2.96. The van der Waals surface area contributed by atoms with Crippen LogP contribution in [0.5, 0.6) is 11.5 Å². The first kappa shape index (κ1) is 20.4. The molecular formula is C21H19F3N2O3. The first-order valence-electron chi connectivity index (χ1n) is 9.02. The van der Waals surface area contributed by atoms with Crippen LogP contribution in [0.4, 0.5) is 18.9 Å². The lowest BCUT2D eigenvalue weighted by Crippen LogP contribution is -2.36. The smallest absolute Gasteiger partial charge is 0.454 e. The van der Waals surface area contributed by atoms with E-state index in [4.69, 9.17) is 4.74 Å². The molecule has 1 N–H and O–H groups in total. The van der Waals surface area contributed by atoms with Crippen molar-refractivity contribution in [3.63, 3.8) is 0 Å². The summed E-state index contributed by atoms with van der Waals surface area (Å²) < 4.78 is 42.7. The van der Waals surface area contributed by atoms with Crippen molar-refractivity contribution < 1.29 is 27.5 Å². The van der Waals surface area contributed by atoms with Crippen molar-refractivity contribution in [2.24, 2.45) is 0 Å². The van der Waals surface area contributed by atoms with Crippen LogP contribution >= 0.6 is 0 Å². The second kappa shape index (κ2) is 8.81. The molecule has 1 amide bonds. The molecule has 0 aliphatic carbocycles. The summed E-state index contributed by atoms with van der Waals surface area (Å²) in [6.07, 6.45) is -2.28.